The van der Waals surface area contributed by atoms with Crippen LogP contribution >= 0.6 is 0 Å². The van der Waals surface area contributed by atoms with Gasteiger partial charge < -0.3 is 4.74 Å². The summed E-state index contributed by atoms with van der Waals surface area (Å²) in [6.07, 6.45) is 2.89. The molecule has 3 heteroatoms. The van der Waals surface area contributed by atoms with Crippen molar-refractivity contribution in [2.45, 2.75) is 20.5 Å². The van der Waals surface area contributed by atoms with Gasteiger partial charge in [-0.3, -0.25) is 4.90 Å². The normalized spacial score (nSPS) is 10.7. The molecule has 0 saturated heterocycles. The quantitative estimate of drug-likeness (QED) is 0.738. The number of hydrogen-bond acceptors (Lipinski definition) is 2. The number of benzene rings is 1. The summed E-state index contributed by atoms with van der Waals surface area (Å²) in [6.45, 7) is 11.3. The summed E-state index contributed by atoms with van der Waals surface area (Å²) in [7, 11) is 0. The summed E-state index contributed by atoms with van der Waals surface area (Å²) < 4.78 is 5.27. The fourth-order valence-electron chi connectivity index (χ4n) is 1.49. The minimum Gasteiger partial charge on any atom is -0.444 e. The smallest absolute Gasteiger partial charge is 0.418 e. The van der Waals surface area contributed by atoms with E-state index in [9.17, 15) is 4.79 Å². The first kappa shape index (κ1) is 14.8. The van der Waals surface area contributed by atoms with Crippen molar-refractivity contribution < 1.29 is 9.53 Å². The van der Waals surface area contributed by atoms with Gasteiger partial charge in [0, 0.05) is 11.4 Å². The van der Waals surface area contributed by atoms with E-state index in [4.69, 9.17) is 4.74 Å². The molecule has 0 aliphatic carbocycles. The zero-order valence-electron chi connectivity index (χ0n) is 11.4. The Labute approximate surface area is 114 Å². The summed E-state index contributed by atoms with van der Waals surface area (Å²) in [5.41, 5.74) is 2.19. The number of ether oxygens (including phenoxy) is 1. The molecular formula is C16H19NO2. The molecule has 0 bridgehead atoms. The fraction of sp³-hybridized carbons (Fsp3) is 0.188. The standard InChI is InChI=1S/C16H19NO2/c1-5-13(3)17(14(4)6-2)16(18)19-12-15-10-8-7-9-11-15/h5-11H,1,3,12H2,2,4H3/b14-6+. The van der Waals surface area contributed by atoms with E-state index in [1.165, 1.54) is 11.0 Å². The monoisotopic (exact) mass is 257 g/mol. The highest BCUT2D eigenvalue weighted by Crippen LogP contribution is 2.15. The number of carbonyl (C=O) groups is 1. The maximum absolute atomic E-state index is 12.1. The van der Waals surface area contributed by atoms with Gasteiger partial charge in [0.25, 0.3) is 0 Å². The number of nitrogens with zero attached hydrogens (tertiary/aromatic N) is 1. The summed E-state index contributed by atoms with van der Waals surface area (Å²) in [5.74, 6) is 0. The van der Waals surface area contributed by atoms with Crippen LogP contribution in [0.25, 0.3) is 0 Å². The number of amides is 1. The summed E-state index contributed by atoms with van der Waals surface area (Å²) in [5, 5.41) is 0. The second-order valence-electron chi connectivity index (χ2n) is 4.00. The average molecular weight is 257 g/mol. The van der Waals surface area contributed by atoms with E-state index in [2.05, 4.69) is 13.2 Å². The Balaban J connectivity index is 2.73. The number of hydrogen-bond donors (Lipinski definition) is 0. The van der Waals surface area contributed by atoms with Crippen molar-refractivity contribution in [3.05, 3.63) is 72.6 Å². The summed E-state index contributed by atoms with van der Waals surface area (Å²) in [4.78, 5) is 13.5. The molecule has 1 rings (SSSR count). The molecule has 1 aromatic rings. The van der Waals surface area contributed by atoms with Crippen molar-refractivity contribution in [3.63, 3.8) is 0 Å². The van der Waals surface area contributed by atoms with Crippen LogP contribution in [0.15, 0.2) is 67.0 Å². The minimum atomic E-state index is -0.454. The third kappa shape index (κ3) is 4.14. The predicted octanol–water partition coefficient (Wildman–Crippen LogP) is 4.25. The van der Waals surface area contributed by atoms with Crippen LogP contribution in [0, 0.1) is 0 Å². The summed E-state index contributed by atoms with van der Waals surface area (Å²) in [6, 6.07) is 9.54. The van der Waals surface area contributed by atoms with Crippen molar-refractivity contribution in [3.8, 4) is 0 Å². The maximum Gasteiger partial charge on any atom is 0.418 e. The van der Waals surface area contributed by atoms with Crippen LogP contribution in [0.5, 0.6) is 0 Å². The largest absolute Gasteiger partial charge is 0.444 e. The lowest BCUT2D eigenvalue weighted by atomic mass is 10.2. The molecule has 0 atom stereocenters. The lowest BCUT2D eigenvalue weighted by Gasteiger charge is -2.22. The van der Waals surface area contributed by atoms with E-state index < -0.39 is 6.09 Å². The molecule has 0 fully saturated rings. The van der Waals surface area contributed by atoms with Crippen LogP contribution in [0.3, 0.4) is 0 Å². The van der Waals surface area contributed by atoms with Crippen molar-refractivity contribution in [2.75, 3.05) is 0 Å². The van der Waals surface area contributed by atoms with Crippen LogP contribution in [0.4, 0.5) is 4.79 Å². The number of allylic oxidation sites excluding steroid dienone is 3. The first-order valence-electron chi connectivity index (χ1n) is 6.05. The molecule has 0 saturated carbocycles. The third-order valence-corrected chi connectivity index (χ3v) is 2.68. The Morgan fingerprint density at radius 3 is 2.53 bits per heavy atom. The topological polar surface area (TPSA) is 29.5 Å². The highest BCUT2D eigenvalue weighted by Gasteiger charge is 2.18. The van der Waals surface area contributed by atoms with Gasteiger partial charge in [0.1, 0.15) is 6.61 Å². The van der Waals surface area contributed by atoms with Gasteiger partial charge in [-0.25, -0.2) is 4.79 Å². The zero-order chi connectivity index (χ0) is 14.3. The minimum absolute atomic E-state index is 0.234. The molecule has 0 aromatic heterocycles. The van der Waals surface area contributed by atoms with E-state index in [1.54, 1.807) is 0 Å². The van der Waals surface area contributed by atoms with Crippen LogP contribution < -0.4 is 0 Å². The second kappa shape index (κ2) is 7.21. The van der Waals surface area contributed by atoms with Crippen molar-refractivity contribution in [2.24, 2.45) is 0 Å². The molecule has 1 amide bonds. The molecule has 19 heavy (non-hydrogen) atoms. The molecule has 0 N–H and O–H groups in total. The van der Waals surface area contributed by atoms with E-state index in [0.29, 0.717) is 5.70 Å². The highest BCUT2D eigenvalue weighted by molar-refractivity contribution is 5.73. The van der Waals surface area contributed by atoms with Crippen molar-refractivity contribution in [1.29, 1.82) is 0 Å². The lowest BCUT2D eigenvalue weighted by molar-refractivity contribution is 0.116. The van der Waals surface area contributed by atoms with Gasteiger partial charge in [-0.05, 0) is 25.5 Å². The van der Waals surface area contributed by atoms with Crippen LogP contribution in [-0.2, 0) is 11.3 Å². The van der Waals surface area contributed by atoms with Gasteiger partial charge >= 0.3 is 6.09 Å². The maximum atomic E-state index is 12.1. The zero-order valence-corrected chi connectivity index (χ0v) is 11.4. The van der Waals surface area contributed by atoms with Gasteiger partial charge in [0.05, 0.1) is 0 Å². The Hall–Kier alpha value is -2.29. The van der Waals surface area contributed by atoms with E-state index >= 15 is 0 Å². The molecule has 100 valence electrons. The first-order valence-corrected chi connectivity index (χ1v) is 6.05. The molecule has 0 aliphatic rings. The third-order valence-electron chi connectivity index (χ3n) is 2.68. The molecule has 3 nitrogen and oxygen atoms in total. The van der Waals surface area contributed by atoms with E-state index in [1.807, 2.05) is 50.3 Å². The highest BCUT2D eigenvalue weighted by atomic mass is 16.6. The molecule has 1 aromatic carbocycles. The first-order chi connectivity index (χ1) is 9.10. The molecule has 0 heterocycles. The lowest BCUT2D eigenvalue weighted by Crippen LogP contribution is -2.28. The molecule has 0 aliphatic heterocycles. The van der Waals surface area contributed by atoms with Gasteiger partial charge in [-0.1, -0.05) is 49.6 Å². The van der Waals surface area contributed by atoms with Gasteiger partial charge in [-0.15, -0.1) is 0 Å². The molecule has 0 unspecified atom stereocenters. The van der Waals surface area contributed by atoms with E-state index in [-0.39, 0.29) is 6.61 Å². The Morgan fingerprint density at radius 2 is 2.00 bits per heavy atom. The SMILES string of the molecule is C=CC(=C)N(C(=O)OCc1ccccc1)/C(C)=C/C. The predicted molar refractivity (Wildman–Crippen MR) is 77.2 cm³/mol. The molecule has 0 spiro atoms. The second-order valence-corrected chi connectivity index (χ2v) is 4.00. The molecule has 0 radical (unpaired) electrons. The summed E-state index contributed by atoms with van der Waals surface area (Å²) >= 11 is 0. The Bertz CT molecular complexity index is 487. The number of rotatable bonds is 5. The fourth-order valence-corrected chi connectivity index (χ4v) is 1.49. The van der Waals surface area contributed by atoms with Gasteiger partial charge in [0.15, 0.2) is 0 Å². The van der Waals surface area contributed by atoms with Crippen LogP contribution in [0.1, 0.15) is 19.4 Å². The molecular weight excluding hydrogens is 238 g/mol. The number of carbonyl (C=O) groups excluding carboxylic acids is 1. The van der Waals surface area contributed by atoms with Crippen molar-refractivity contribution in [1.82, 2.24) is 4.90 Å². The Kier molecular flexibility index (Phi) is 5.61. The Morgan fingerprint density at radius 1 is 1.37 bits per heavy atom. The average Bonchev–Trinajstić information content (AvgIpc) is 2.45. The van der Waals surface area contributed by atoms with Crippen molar-refractivity contribution >= 4 is 6.09 Å². The van der Waals surface area contributed by atoms with E-state index in [0.717, 1.165) is 11.3 Å². The van der Waals surface area contributed by atoms with Crippen LogP contribution in [0.2, 0.25) is 0 Å². The van der Waals surface area contributed by atoms with Gasteiger partial charge in [-0.2, -0.15) is 0 Å². The van der Waals surface area contributed by atoms with Gasteiger partial charge in [0.2, 0.25) is 0 Å². The van der Waals surface area contributed by atoms with Crippen LogP contribution in [-0.4, -0.2) is 11.0 Å².